The van der Waals surface area contributed by atoms with Crippen molar-refractivity contribution < 1.29 is 17.9 Å². The molecule has 0 spiro atoms. The zero-order chi connectivity index (χ0) is 12.3. The van der Waals surface area contributed by atoms with Crippen molar-refractivity contribution in [2.75, 3.05) is 11.5 Å². The van der Waals surface area contributed by atoms with Gasteiger partial charge in [-0.2, -0.15) is 10.2 Å². The predicted octanol–water partition coefficient (Wildman–Crippen LogP) is 1.21. The summed E-state index contributed by atoms with van der Waals surface area (Å²) >= 11 is 0. The fourth-order valence-corrected chi connectivity index (χ4v) is 1.03. The van der Waals surface area contributed by atoms with Crippen molar-refractivity contribution in [1.29, 1.82) is 5.26 Å². The number of nitriles is 1. The molecule has 0 aromatic carbocycles. The van der Waals surface area contributed by atoms with Gasteiger partial charge in [-0.3, -0.25) is 0 Å². The van der Waals surface area contributed by atoms with Crippen LogP contribution in [-0.4, -0.2) is 11.3 Å². The second kappa shape index (κ2) is 4.14. The average molecular weight is 232 g/mol. The van der Waals surface area contributed by atoms with Gasteiger partial charge in [-0.25, -0.2) is 0 Å². The first kappa shape index (κ1) is 11.9. The molecule has 5 nitrogen and oxygen atoms in total. The van der Waals surface area contributed by atoms with E-state index in [4.69, 9.17) is 16.7 Å². The highest BCUT2D eigenvalue weighted by molar-refractivity contribution is 5.60. The molecule has 0 amide bonds. The van der Waals surface area contributed by atoms with E-state index < -0.39 is 12.2 Å². The monoisotopic (exact) mass is 232 g/mol. The van der Waals surface area contributed by atoms with E-state index in [1.165, 1.54) is 0 Å². The molecule has 0 aliphatic rings. The Kier molecular flexibility index (Phi) is 3.08. The third kappa shape index (κ3) is 2.91. The molecular formula is C8H7F3N4O. The van der Waals surface area contributed by atoms with Gasteiger partial charge in [0.25, 0.3) is 0 Å². The number of pyridine rings is 1. The topological polar surface area (TPSA) is 98.0 Å². The minimum Gasteiger partial charge on any atom is -0.398 e. The van der Waals surface area contributed by atoms with Gasteiger partial charge in [0.1, 0.15) is 5.82 Å². The van der Waals surface area contributed by atoms with E-state index in [1.807, 2.05) is 0 Å². The molecule has 0 saturated carbocycles. The van der Waals surface area contributed by atoms with Gasteiger partial charge in [0.15, 0.2) is 0 Å². The Labute approximate surface area is 88.4 Å². The summed E-state index contributed by atoms with van der Waals surface area (Å²) in [6.07, 6.45) is -4.99. The highest BCUT2D eigenvalue weighted by atomic mass is 19.4. The Balaban J connectivity index is 3.06. The SMILES string of the molecule is N#CCc1c(N)cc(OC(F)(F)F)nc1N. The minimum absolute atomic E-state index is 0.0618. The smallest absolute Gasteiger partial charge is 0.398 e. The van der Waals surface area contributed by atoms with Crippen molar-refractivity contribution in [2.45, 2.75) is 12.8 Å². The van der Waals surface area contributed by atoms with E-state index in [-0.39, 0.29) is 23.5 Å². The largest absolute Gasteiger partial charge is 0.574 e. The molecule has 1 aromatic rings. The predicted molar refractivity (Wildman–Crippen MR) is 49.1 cm³/mol. The van der Waals surface area contributed by atoms with E-state index in [2.05, 4.69) is 9.72 Å². The van der Waals surface area contributed by atoms with Gasteiger partial charge < -0.3 is 16.2 Å². The number of nitrogen functional groups attached to an aromatic ring is 2. The molecule has 1 aromatic heterocycles. The number of hydrogen-bond acceptors (Lipinski definition) is 5. The summed E-state index contributed by atoms with van der Waals surface area (Å²) in [4.78, 5) is 3.34. The Hall–Kier alpha value is -2.17. The fourth-order valence-electron chi connectivity index (χ4n) is 1.03. The summed E-state index contributed by atoms with van der Waals surface area (Å²) in [5, 5.41) is 8.42. The quantitative estimate of drug-likeness (QED) is 0.798. The number of nitrogens with two attached hydrogens (primary N) is 2. The lowest BCUT2D eigenvalue weighted by Gasteiger charge is -2.11. The molecule has 16 heavy (non-hydrogen) atoms. The van der Waals surface area contributed by atoms with Crippen LogP contribution >= 0.6 is 0 Å². The highest BCUT2D eigenvalue weighted by Crippen LogP contribution is 2.27. The van der Waals surface area contributed by atoms with Crippen LogP contribution in [0.25, 0.3) is 0 Å². The molecule has 0 atom stereocenters. The van der Waals surface area contributed by atoms with E-state index in [1.54, 1.807) is 6.07 Å². The number of nitrogens with zero attached hydrogens (tertiary/aromatic N) is 2. The zero-order valence-electron chi connectivity index (χ0n) is 7.88. The Bertz CT molecular complexity index is 415. The molecule has 0 saturated heterocycles. The number of rotatable bonds is 2. The molecule has 4 N–H and O–H groups in total. The maximum atomic E-state index is 11.9. The Morgan fingerprint density at radius 1 is 1.44 bits per heavy atom. The maximum absolute atomic E-state index is 11.9. The number of hydrogen-bond donors (Lipinski definition) is 2. The van der Waals surface area contributed by atoms with Gasteiger partial charge in [0.05, 0.1) is 12.5 Å². The molecule has 0 fully saturated rings. The molecule has 86 valence electrons. The third-order valence-corrected chi connectivity index (χ3v) is 1.64. The van der Waals surface area contributed by atoms with Crippen molar-refractivity contribution in [1.82, 2.24) is 4.98 Å². The first-order valence-corrected chi connectivity index (χ1v) is 4.01. The van der Waals surface area contributed by atoms with Crippen LogP contribution in [-0.2, 0) is 6.42 Å². The van der Waals surface area contributed by atoms with Crippen LogP contribution < -0.4 is 16.2 Å². The molecule has 1 heterocycles. The lowest BCUT2D eigenvalue weighted by Crippen LogP contribution is -2.18. The lowest BCUT2D eigenvalue weighted by atomic mass is 10.1. The van der Waals surface area contributed by atoms with Crippen LogP contribution in [0.4, 0.5) is 24.7 Å². The van der Waals surface area contributed by atoms with Crippen molar-refractivity contribution in [3.05, 3.63) is 11.6 Å². The van der Waals surface area contributed by atoms with E-state index >= 15 is 0 Å². The summed E-state index contributed by atoms with van der Waals surface area (Å²) < 4.78 is 39.1. The van der Waals surface area contributed by atoms with Crippen molar-refractivity contribution in [3.8, 4) is 11.9 Å². The third-order valence-electron chi connectivity index (χ3n) is 1.64. The normalized spacial score (nSPS) is 10.9. The van der Waals surface area contributed by atoms with Crippen molar-refractivity contribution in [3.63, 3.8) is 0 Å². The molecule has 1 rings (SSSR count). The summed E-state index contributed by atoms with van der Waals surface area (Å²) in [5.41, 5.74) is 10.9. The summed E-state index contributed by atoms with van der Waals surface area (Å²) in [7, 11) is 0. The number of anilines is 2. The molecule has 0 bridgehead atoms. The van der Waals surface area contributed by atoms with Crippen molar-refractivity contribution in [2.24, 2.45) is 0 Å². The van der Waals surface area contributed by atoms with Gasteiger partial charge in [-0.15, -0.1) is 13.2 Å². The van der Waals surface area contributed by atoms with Gasteiger partial charge >= 0.3 is 6.36 Å². The minimum atomic E-state index is -4.86. The maximum Gasteiger partial charge on any atom is 0.574 e. The number of alkyl halides is 3. The highest BCUT2D eigenvalue weighted by Gasteiger charge is 2.32. The van der Waals surface area contributed by atoms with Gasteiger partial charge in [0, 0.05) is 17.3 Å². The van der Waals surface area contributed by atoms with Gasteiger partial charge in [-0.1, -0.05) is 0 Å². The van der Waals surface area contributed by atoms with E-state index in [0.29, 0.717) is 0 Å². The summed E-state index contributed by atoms with van der Waals surface area (Å²) in [5.74, 6) is -0.995. The molecule has 0 unspecified atom stereocenters. The molecule has 0 aliphatic heterocycles. The fraction of sp³-hybridized carbons (Fsp3) is 0.250. The number of halogens is 3. The van der Waals surface area contributed by atoms with E-state index in [0.717, 1.165) is 6.07 Å². The van der Waals surface area contributed by atoms with Crippen molar-refractivity contribution >= 4 is 11.5 Å². The molecule has 8 heteroatoms. The number of aromatic nitrogens is 1. The van der Waals surface area contributed by atoms with Crippen LogP contribution in [0.15, 0.2) is 6.07 Å². The molecule has 0 aliphatic carbocycles. The Morgan fingerprint density at radius 3 is 2.50 bits per heavy atom. The standard InChI is InChI=1S/C8H7F3N4O/c9-8(10,11)16-6-3-5(13)4(1-2-12)7(14)15-6/h3H,1H2,(H4,13,14,15). The molecular weight excluding hydrogens is 225 g/mol. The van der Waals surface area contributed by atoms with E-state index in [9.17, 15) is 13.2 Å². The summed E-state index contributed by atoms with van der Waals surface area (Å²) in [6, 6.07) is 2.64. The summed E-state index contributed by atoms with van der Waals surface area (Å²) in [6.45, 7) is 0. The van der Waals surface area contributed by atoms with Crippen LogP contribution in [0.1, 0.15) is 5.56 Å². The Morgan fingerprint density at radius 2 is 2.06 bits per heavy atom. The lowest BCUT2D eigenvalue weighted by molar-refractivity contribution is -0.276. The average Bonchev–Trinajstić information content (AvgIpc) is 2.08. The first-order valence-electron chi connectivity index (χ1n) is 4.01. The number of ether oxygens (including phenoxy) is 1. The second-order valence-electron chi connectivity index (χ2n) is 2.80. The van der Waals surface area contributed by atoms with Gasteiger partial charge in [-0.05, 0) is 0 Å². The van der Waals surface area contributed by atoms with Gasteiger partial charge in [0.2, 0.25) is 5.88 Å². The second-order valence-corrected chi connectivity index (χ2v) is 2.80. The molecule has 0 radical (unpaired) electrons. The van der Waals surface area contributed by atoms with Crippen LogP contribution in [0.2, 0.25) is 0 Å². The van der Waals surface area contributed by atoms with Crippen LogP contribution in [0, 0.1) is 11.3 Å². The zero-order valence-corrected chi connectivity index (χ0v) is 7.88. The van der Waals surface area contributed by atoms with Crippen LogP contribution in [0.3, 0.4) is 0 Å². The van der Waals surface area contributed by atoms with Crippen LogP contribution in [0.5, 0.6) is 5.88 Å². The first-order chi connectivity index (χ1) is 7.33.